The van der Waals surface area contributed by atoms with Crippen LogP contribution in [0.4, 0.5) is 11.6 Å². The van der Waals surface area contributed by atoms with Crippen LogP contribution in [0.2, 0.25) is 0 Å². The van der Waals surface area contributed by atoms with Gasteiger partial charge in [-0.25, -0.2) is 9.97 Å². The van der Waals surface area contributed by atoms with E-state index in [4.69, 9.17) is 4.74 Å². The molecule has 8 heteroatoms. The highest BCUT2D eigenvalue weighted by atomic mass is 16.5. The number of aromatic nitrogens is 2. The maximum Gasteiger partial charge on any atom is 0.325 e. The molecule has 4 rings (SSSR count). The summed E-state index contributed by atoms with van der Waals surface area (Å²) < 4.78 is 5.49. The quantitative estimate of drug-likeness (QED) is 0.639. The second-order valence-electron chi connectivity index (χ2n) is 6.65. The van der Waals surface area contributed by atoms with Crippen LogP contribution in [0.1, 0.15) is 12.0 Å². The molecular formula is C19H21N5O3. The van der Waals surface area contributed by atoms with E-state index in [0.29, 0.717) is 18.6 Å². The van der Waals surface area contributed by atoms with Gasteiger partial charge in [0.05, 0.1) is 6.54 Å². The number of hydrogen-bond donors (Lipinski definition) is 1. The zero-order chi connectivity index (χ0) is 18.6. The zero-order valence-corrected chi connectivity index (χ0v) is 14.9. The summed E-state index contributed by atoms with van der Waals surface area (Å²) in [5.74, 6) is 0.985. The molecule has 1 aromatic heterocycles. The number of esters is 1. The highest BCUT2D eigenvalue weighted by Crippen LogP contribution is 2.26. The molecule has 0 bridgehead atoms. The van der Waals surface area contributed by atoms with Crippen LogP contribution < -0.4 is 15.0 Å². The van der Waals surface area contributed by atoms with E-state index in [2.05, 4.69) is 25.1 Å². The topological polar surface area (TPSA) is 87.7 Å². The van der Waals surface area contributed by atoms with Crippen molar-refractivity contribution in [2.75, 3.05) is 42.9 Å². The van der Waals surface area contributed by atoms with E-state index < -0.39 is 0 Å². The number of carbonyl (C=O) groups excluding carboxylic acids is 2. The molecule has 27 heavy (non-hydrogen) atoms. The summed E-state index contributed by atoms with van der Waals surface area (Å²) >= 11 is 0. The molecule has 0 radical (unpaired) electrons. The van der Waals surface area contributed by atoms with Gasteiger partial charge in [0.1, 0.15) is 5.75 Å². The summed E-state index contributed by atoms with van der Waals surface area (Å²) in [6.07, 6.45) is 4.59. The first-order chi connectivity index (χ1) is 13.2. The van der Waals surface area contributed by atoms with E-state index in [0.717, 1.165) is 43.4 Å². The molecule has 1 amide bonds. The molecule has 2 aliphatic rings. The molecule has 8 nitrogen and oxygen atoms in total. The summed E-state index contributed by atoms with van der Waals surface area (Å²) in [4.78, 5) is 36.4. The Balaban J connectivity index is 1.28. The molecular weight excluding hydrogens is 346 g/mol. The second-order valence-corrected chi connectivity index (χ2v) is 6.65. The molecule has 2 aromatic rings. The fraction of sp³-hybridized carbons (Fsp3) is 0.368. The predicted molar refractivity (Wildman–Crippen MR) is 99.7 cm³/mol. The molecule has 0 aliphatic carbocycles. The van der Waals surface area contributed by atoms with Gasteiger partial charge in [-0.3, -0.25) is 14.5 Å². The molecule has 3 heterocycles. The van der Waals surface area contributed by atoms with Crippen molar-refractivity contribution in [3.05, 3.63) is 42.2 Å². The number of fused-ring (bicyclic) bond motifs is 1. The fourth-order valence-corrected chi connectivity index (χ4v) is 3.33. The Hall–Kier alpha value is -3.00. The Morgan fingerprint density at radius 1 is 1.11 bits per heavy atom. The molecule has 0 atom stereocenters. The normalized spacial score (nSPS) is 17.2. The van der Waals surface area contributed by atoms with E-state index in [9.17, 15) is 9.59 Å². The van der Waals surface area contributed by atoms with Crippen molar-refractivity contribution in [3.63, 3.8) is 0 Å². The largest absolute Gasteiger partial charge is 0.426 e. The number of rotatable bonds is 4. The highest BCUT2D eigenvalue weighted by Gasteiger charge is 2.22. The maximum absolute atomic E-state index is 12.3. The van der Waals surface area contributed by atoms with Gasteiger partial charge in [0.25, 0.3) is 0 Å². The third-order valence-corrected chi connectivity index (χ3v) is 4.76. The van der Waals surface area contributed by atoms with Gasteiger partial charge in [-0.15, -0.1) is 0 Å². The minimum absolute atomic E-state index is 0.0206. The number of carbonyl (C=O) groups is 2. The molecule has 1 aromatic carbocycles. The number of ether oxygens (including phenoxy) is 1. The Labute approximate surface area is 157 Å². The number of anilines is 2. The van der Waals surface area contributed by atoms with Crippen molar-refractivity contribution < 1.29 is 14.3 Å². The minimum atomic E-state index is -0.279. The molecule has 1 saturated heterocycles. The maximum atomic E-state index is 12.3. The van der Waals surface area contributed by atoms with Crippen LogP contribution >= 0.6 is 0 Å². The van der Waals surface area contributed by atoms with Crippen LogP contribution in [0.25, 0.3) is 0 Å². The number of piperazine rings is 1. The summed E-state index contributed by atoms with van der Waals surface area (Å²) in [5, 5.41) is 2.82. The average Bonchev–Trinajstić information content (AvgIpc) is 2.69. The molecule has 2 aliphatic heterocycles. The van der Waals surface area contributed by atoms with Crippen molar-refractivity contribution in [2.24, 2.45) is 0 Å². The van der Waals surface area contributed by atoms with Gasteiger partial charge in [0.2, 0.25) is 11.9 Å². The zero-order valence-electron chi connectivity index (χ0n) is 14.9. The lowest BCUT2D eigenvalue weighted by Crippen LogP contribution is -2.49. The monoisotopic (exact) mass is 367 g/mol. The first-order valence-electron chi connectivity index (χ1n) is 9.05. The van der Waals surface area contributed by atoms with Crippen LogP contribution in [0.15, 0.2) is 36.7 Å². The van der Waals surface area contributed by atoms with Crippen molar-refractivity contribution in [2.45, 2.75) is 12.8 Å². The van der Waals surface area contributed by atoms with E-state index in [1.54, 1.807) is 30.6 Å². The predicted octanol–water partition coefficient (Wildman–Crippen LogP) is 1.09. The van der Waals surface area contributed by atoms with Crippen LogP contribution in [0.3, 0.4) is 0 Å². The van der Waals surface area contributed by atoms with E-state index >= 15 is 0 Å². The summed E-state index contributed by atoms with van der Waals surface area (Å²) in [6.45, 7) is 3.30. The number of nitrogens with one attached hydrogen (secondary N) is 1. The molecule has 0 spiro atoms. The number of amides is 1. The van der Waals surface area contributed by atoms with Gasteiger partial charge in [-0.2, -0.15) is 0 Å². The Morgan fingerprint density at radius 3 is 2.67 bits per heavy atom. The summed E-state index contributed by atoms with van der Waals surface area (Å²) in [6, 6.07) is 7.13. The SMILES string of the molecule is O=C1CCc2cc(OC(=O)CN3CCN(c4ncccn4)CC3)ccc2N1. The van der Waals surface area contributed by atoms with E-state index in [1.165, 1.54) is 0 Å². The fourth-order valence-electron chi connectivity index (χ4n) is 3.33. The number of nitrogens with zero attached hydrogens (tertiary/aromatic N) is 4. The third kappa shape index (κ3) is 4.22. The van der Waals surface area contributed by atoms with Crippen molar-refractivity contribution in [1.82, 2.24) is 14.9 Å². The van der Waals surface area contributed by atoms with Gasteiger partial charge in [0.15, 0.2) is 0 Å². The number of aryl methyl sites for hydroxylation is 1. The van der Waals surface area contributed by atoms with Crippen LogP contribution in [-0.4, -0.2) is 59.5 Å². The van der Waals surface area contributed by atoms with Gasteiger partial charge < -0.3 is 15.0 Å². The minimum Gasteiger partial charge on any atom is -0.426 e. The van der Waals surface area contributed by atoms with Crippen LogP contribution in [0, 0.1) is 0 Å². The van der Waals surface area contributed by atoms with E-state index in [1.807, 2.05) is 6.07 Å². The van der Waals surface area contributed by atoms with Gasteiger partial charge in [-0.1, -0.05) is 0 Å². The molecule has 0 saturated carbocycles. The smallest absolute Gasteiger partial charge is 0.325 e. The van der Waals surface area contributed by atoms with Crippen molar-refractivity contribution in [1.29, 1.82) is 0 Å². The highest BCUT2D eigenvalue weighted by molar-refractivity contribution is 5.94. The Morgan fingerprint density at radius 2 is 1.89 bits per heavy atom. The van der Waals surface area contributed by atoms with Gasteiger partial charge in [-0.05, 0) is 36.2 Å². The standard InChI is InChI=1S/C19H21N5O3/c25-17-5-2-14-12-15(3-4-16(14)22-17)27-18(26)13-23-8-10-24(11-9-23)19-20-6-1-7-21-19/h1,3-4,6-7,12H,2,5,8-11,13H2,(H,22,25). The second kappa shape index (κ2) is 7.71. The summed E-state index contributed by atoms with van der Waals surface area (Å²) in [7, 11) is 0. The lowest BCUT2D eigenvalue weighted by atomic mass is 10.0. The number of hydrogen-bond acceptors (Lipinski definition) is 7. The van der Waals surface area contributed by atoms with Crippen LogP contribution in [0.5, 0.6) is 5.75 Å². The van der Waals surface area contributed by atoms with Gasteiger partial charge in [0, 0.05) is 50.7 Å². The lowest BCUT2D eigenvalue weighted by molar-refractivity contribution is -0.135. The first kappa shape index (κ1) is 17.4. The summed E-state index contributed by atoms with van der Waals surface area (Å²) in [5.41, 5.74) is 1.79. The molecule has 1 N–H and O–H groups in total. The van der Waals surface area contributed by atoms with Crippen molar-refractivity contribution in [3.8, 4) is 5.75 Å². The Kier molecular flexibility index (Phi) is 4.97. The number of benzene rings is 1. The van der Waals surface area contributed by atoms with E-state index in [-0.39, 0.29) is 18.4 Å². The Bertz CT molecular complexity index is 834. The average molecular weight is 367 g/mol. The molecule has 1 fully saturated rings. The first-order valence-corrected chi connectivity index (χ1v) is 9.05. The third-order valence-electron chi connectivity index (χ3n) is 4.76. The lowest BCUT2D eigenvalue weighted by Gasteiger charge is -2.33. The molecule has 0 unspecified atom stereocenters. The van der Waals surface area contributed by atoms with Crippen LogP contribution in [-0.2, 0) is 16.0 Å². The molecule has 140 valence electrons. The van der Waals surface area contributed by atoms with Gasteiger partial charge >= 0.3 is 5.97 Å². The van der Waals surface area contributed by atoms with Crippen molar-refractivity contribution >= 4 is 23.5 Å².